The van der Waals surface area contributed by atoms with Gasteiger partial charge in [-0.05, 0) is 42.5 Å². The van der Waals surface area contributed by atoms with E-state index in [1.54, 1.807) is 36.4 Å². The minimum Gasteiger partial charge on any atom is -0.376 e. The van der Waals surface area contributed by atoms with Gasteiger partial charge in [-0.25, -0.2) is 17.2 Å². The van der Waals surface area contributed by atoms with Gasteiger partial charge in [0.05, 0.1) is 22.8 Å². The number of benzene rings is 3. The summed E-state index contributed by atoms with van der Waals surface area (Å²) in [5, 5.41) is 5.04. The molecule has 156 valence electrons. The van der Waals surface area contributed by atoms with Gasteiger partial charge in [-0.3, -0.25) is 9.10 Å². The molecule has 0 radical (unpaired) electrons. The number of nitrogens with zero attached hydrogens (tertiary/aromatic N) is 1. The molecule has 0 aliphatic rings. The van der Waals surface area contributed by atoms with Crippen LogP contribution in [0.3, 0.4) is 0 Å². The Balaban J connectivity index is 1.69. The second-order valence-corrected chi connectivity index (χ2v) is 8.33. The number of hydrogen-bond acceptors (Lipinski definition) is 4. The highest BCUT2D eigenvalue weighted by Gasteiger charge is 2.21. The van der Waals surface area contributed by atoms with Crippen molar-refractivity contribution in [3.63, 3.8) is 0 Å². The van der Waals surface area contributed by atoms with Gasteiger partial charge in [0.2, 0.25) is 5.91 Å². The first kappa shape index (κ1) is 21.3. The third kappa shape index (κ3) is 4.93. The van der Waals surface area contributed by atoms with Crippen molar-refractivity contribution in [3.8, 4) is 0 Å². The summed E-state index contributed by atoms with van der Waals surface area (Å²) in [6, 6.07) is 17.3. The standard InChI is InChI=1S/C21H19F2N3O3S/c1-26(17-7-3-2-4-8-17)30(28,29)18-9-5-6-16(13-18)24-14-21(27)25-20-12-15(22)10-11-19(20)23/h2-13,24H,14H2,1H3,(H,25,27). The van der Waals surface area contributed by atoms with Crippen LogP contribution in [0.25, 0.3) is 0 Å². The van der Waals surface area contributed by atoms with Gasteiger partial charge < -0.3 is 10.6 Å². The zero-order valence-electron chi connectivity index (χ0n) is 16.0. The first-order valence-corrected chi connectivity index (χ1v) is 10.3. The Bertz CT molecular complexity index is 1160. The third-order valence-electron chi connectivity index (χ3n) is 4.27. The maximum atomic E-state index is 13.6. The average Bonchev–Trinajstić information content (AvgIpc) is 2.75. The quantitative estimate of drug-likeness (QED) is 0.596. The van der Waals surface area contributed by atoms with Crippen LogP contribution in [0.5, 0.6) is 0 Å². The molecular weight excluding hydrogens is 412 g/mol. The molecule has 6 nitrogen and oxygen atoms in total. The van der Waals surface area contributed by atoms with Crippen molar-refractivity contribution in [2.75, 3.05) is 28.5 Å². The molecule has 0 heterocycles. The van der Waals surface area contributed by atoms with E-state index in [1.807, 2.05) is 0 Å². The molecule has 0 saturated heterocycles. The van der Waals surface area contributed by atoms with Gasteiger partial charge in [-0.1, -0.05) is 24.3 Å². The molecule has 3 aromatic rings. The third-order valence-corrected chi connectivity index (χ3v) is 6.05. The molecule has 0 unspecified atom stereocenters. The van der Waals surface area contributed by atoms with E-state index in [0.717, 1.165) is 22.5 Å². The highest BCUT2D eigenvalue weighted by molar-refractivity contribution is 7.92. The number of rotatable bonds is 7. The van der Waals surface area contributed by atoms with Gasteiger partial charge >= 0.3 is 0 Å². The molecule has 0 bridgehead atoms. The van der Waals surface area contributed by atoms with Crippen LogP contribution in [0, 0.1) is 11.6 Å². The molecule has 3 rings (SSSR count). The smallest absolute Gasteiger partial charge is 0.264 e. The Labute approximate surface area is 173 Å². The first-order valence-electron chi connectivity index (χ1n) is 8.90. The largest absolute Gasteiger partial charge is 0.376 e. The first-order chi connectivity index (χ1) is 14.3. The van der Waals surface area contributed by atoms with Crippen molar-refractivity contribution >= 4 is 33.0 Å². The molecule has 0 spiro atoms. The van der Waals surface area contributed by atoms with Crippen LogP contribution in [0.4, 0.5) is 25.8 Å². The van der Waals surface area contributed by atoms with E-state index in [1.165, 1.54) is 25.2 Å². The molecule has 1 amide bonds. The molecule has 9 heteroatoms. The molecule has 0 fully saturated rings. The van der Waals surface area contributed by atoms with Gasteiger partial charge in [-0.15, -0.1) is 0 Å². The fourth-order valence-electron chi connectivity index (χ4n) is 2.67. The summed E-state index contributed by atoms with van der Waals surface area (Å²) in [6.07, 6.45) is 0. The SMILES string of the molecule is CN(c1ccccc1)S(=O)(=O)c1cccc(NCC(=O)Nc2cc(F)ccc2F)c1. The maximum Gasteiger partial charge on any atom is 0.264 e. The maximum absolute atomic E-state index is 13.6. The number of hydrogen-bond donors (Lipinski definition) is 2. The molecular formula is C21H19F2N3O3S. The predicted octanol–water partition coefficient (Wildman–Crippen LogP) is 3.84. The van der Waals surface area contributed by atoms with E-state index in [2.05, 4.69) is 10.6 Å². The molecule has 30 heavy (non-hydrogen) atoms. The van der Waals surface area contributed by atoms with Gasteiger partial charge in [0.25, 0.3) is 10.0 Å². The van der Waals surface area contributed by atoms with Crippen LogP contribution in [-0.4, -0.2) is 27.9 Å². The summed E-state index contributed by atoms with van der Waals surface area (Å²) < 4.78 is 53.7. The Morgan fingerprint density at radius 1 is 0.967 bits per heavy atom. The Hall–Kier alpha value is -3.46. The minimum absolute atomic E-state index is 0.0374. The topological polar surface area (TPSA) is 78.5 Å². The van der Waals surface area contributed by atoms with Crippen molar-refractivity contribution < 1.29 is 22.0 Å². The lowest BCUT2D eigenvalue weighted by molar-refractivity contribution is -0.114. The highest BCUT2D eigenvalue weighted by atomic mass is 32.2. The fourth-order valence-corrected chi connectivity index (χ4v) is 3.91. The van der Waals surface area contributed by atoms with E-state index in [4.69, 9.17) is 0 Å². The lowest BCUT2D eigenvalue weighted by atomic mass is 10.3. The second-order valence-electron chi connectivity index (χ2n) is 6.36. The molecule has 0 aliphatic heterocycles. The molecule has 0 aromatic heterocycles. The van der Waals surface area contributed by atoms with Crippen molar-refractivity contribution in [1.29, 1.82) is 0 Å². The van der Waals surface area contributed by atoms with Gasteiger partial charge in [0.1, 0.15) is 11.6 Å². The lowest BCUT2D eigenvalue weighted by Gasteiger charge is -2.20. The van der Waals surface area contributed by atoms with Gasteiger partial charge in [0, 0.05) is 18.8 Å². The Morgan fingerprint density at radius 3 is 2.43 bits per heavy atom. The summed E-state index contributed by atoms with van der Waals surface area (Å²) in [4.78, 5) is 12.1. The molecule has 2 N–H and O–H groups in total. The van der Waals surface area contributed by atoms with Crippen LogP contribution in [0.1, 0.15) is 0 Å². The zero-order valence-corrected chi connectivity index (χ0v) is 16.8. The van der Waals surface area contributed by atoms with Crippen LogP contribution in [0.15, 0.2) is 77.7 Å². The second kappa shape index (κ2) is 8.91. The predicted molar refractivity (Wildman–Crippen MR) is 112 cm³/mol. The number of sulfonamides is 1. The molecule has 0 saturated carbocycles. The molecule has 0 atom stereocenters. The van der Waals surface area contributed by atoms with Crippen LogP contribution >= 0.6 is 0 Å². The summed E-state index contributed by atoms with van der Waals surface area (Å²) in [7, 11) is -2.36. The molecule has 0 aliphatic carbocycles. The van der Waals surface area contributed by atoms with E-state index in [-0.39, 0.29) is 17.1 Å². The summed E-state index contributed by atoms with van der Waals surface area (Å²) >= 11 is 0. The van der Waals surface area contributed by atoms with Crippen molar-refractivity contribution in [3.05, 3.63) is 84.4 Å². The number of anilines is 3. The van der Waals surface area contributed by atoms with Crippen molar-refractivity contribution in [2.45, 2.75) is 4.90 Å². The fraction of sp³-hybridized carbons (Fsp3) is 0.0952. The number of carbonyl (C=O) groups excluding carboxylic acids is 1. The van der Waals surface area contributed by atoms with Crippen LogP contribution < -0.4 is 14.9 Å². The van der Waals surface area contributed by atoms with E-state index in [0.29, 0.717) is 11.4 Å². The van der Waals surface area contributed by atoms with E-state index < -0.39 is 27.6 Å². The number of nitrogens with one attached hydrogen (secondary N) is 2. The zero-order chi connectivity index (χ0) is 21.7. The van der Waals surface area contributed by atoms with Gasteiger partial charge in [-0.2, -0.15) is 0 Å². The monoisotopic (exact) mass is 431 g/mol. The Morgan fingerprint density at radius 2 is 1.70 bits per heavy atom. The van der Waals surface area contributed by atoms with E-state index in [9.17, 15) is 22.0 Å². The summed E-state index contributed by atoms with van der Waals surface area (Å²) in [5.74, 6) is -2.06. The van der Waals surface area contributed by atoms with Crippen molar-refractivity contribution in [1.82, 2.24) is 0 Å². The Kier molecular flexibility index (Phi) is 6.31. The normalized spacial score (nSPS) is 11.0. The number of para-hydroxylation sites is 1. The van der Waals surface area contributed by atoms with Crippen LogP contribution in [-0.2, 0) is 14.8 Å². The van der Waals surface area contributed by atoms with Gasteiger partial charge in [0.15, 0.2) is 0 Å². The highest BCUT2D eigenvalue weighted by Crippen LogP contribution is 2.23. The number of amides is 1. The average molecular weight is 431 g/mol. The van der Waals surface area contributed by atoms with Crippen molar-refractivity contribution in [2.24, 2.45) is 0 Å². The van der Waals surface area contributed by atoms with E-state index >= 15 is 0 Å². The minimum atomic E-state index is -3.81. The summed E-state index contributed by atoms with van der Waals surface area (Å²) in [6.45, 7) is -0.270. The summed E-state index contributed by atoms with van der Waals surface area (Å²) in [5.41, 5.74) is 0.613. The lowest BCUT2D eigenvalue weighted by Crippen LogP contribution is -2.26. The number of carbonyl (C=O) groups is 1. The van der Waals surface area contributed by atoms with Crippen LogP contribution in [0.2, 0.25) is 0 Å². The molecule has 3 aromatic carbocycles. The number of halogens is 2.